The molecule has 0 fully saturated rings. The summed E-state index contributed by atoms with van der Waals surface area (Å²) in [7, 11) is 0. The zero-order valence-electron chi connectivity index (χ0n) is 24.3. The summed E-state index contributed by atoms with van der Waals surface area (Å²) in [5, 5.41) is 5.78. The van der Waals surface area contributed by atoms with Crippen molar-refractivity contribution >= 4 is 34.8 Å². The Hall–Kier alpha value is -6.18. The number of hydrogen-bond acceptors (Lipinski definition) is 12. The molecule has 2 amide bonds. The second kappa shape index (κ2) is 11.1. The van der Waals surface area contributed by atoms with Crippen LogP contribution in [0.3, 0.4) is 0 Å². The van der Waals surface area contributed by atoms with E-state index in [0.29, 0.717) is 28.9 Å². The molecule has 0 radical (unpaired) electrons. The van der Waals surface area contributed by atoms with E-state index in [-0.39, 0.29) is 60.1 Å². The number of aliphatic imine (C=N–C) groups is 1. The molecule has 7 rings (SSSR count). The number of carbonyl (C=O) groups is 3. The van der Waals surface area contributed by atoms with Crippen molar-refractivity contribution in [3.63, 3.8) is 0 Å². The van der Waals surface area contributed by atoms with Gasteiger partial charge >= 0.3 is 0 Å². The average molecular weight is 619 g/mol. The van der Waals surface area contributed by atoms with Gasteiger partial charge in [-0.3, -0.25) is 24.0 Å². The van der Waals surface area contributed by atoms with Crippen LogP contribution in [0.25, 0.3) is 0 Å². The Labute approximate surface area is 260 Å². The maximum atomic E-state index is 13.1. The lowest BCUT2D eigenvalue weighted by Gasteiger charge is -2.31. The summed E-state index contributed by atoms with van der Waals surface area (Å²) in [6, 6.07) is 12.1. The summed E-state index contributed by atoms with van der Waals surface area (Å²) in [5.41, 5.74) is 11.7. The van der Waals surface area contributed by atoms with Crippen molar-refractivity contribution in [2.45, 2.75) is 32.0 Å². The molecule has 14 heteroatoms. The molecule has 0 saturated carbocycles. The van der Waals surface area contributed by atoms with Crippen molar-refractivity contribution in [1.29, 1.82) is 0 Å². The Bertz CT molecular complexity index is 2100. The number of hydroxylamine groups is 1. The fourth-order valence-corrected chi connectivity index (χ4v) is 5.98. The lowest BCUT2D eigenvalue weighted by molar-refractivity contribution is 0.0930. The summed E-state index contributed by atoms with van der Waals surface area (Å²) >= 11 is 0. The van der Waals surface area contributed by atoms with Gasteiger partial charge in [0.25, 0.3) is 22.7 Å². The SMILES string of the molecule is C=C1N=C(c2ccc3c(c2)CC[C@@H]3NC(=O)c2cc(C(=O)NCc3ccc4c(c3)CN(c3c(N)c(=O)c3=O)CC4=O)ncn2)NO1. The van der Waals surface area contributed by atoms with Crippen molar-refractivity contribution in [2.24, 2.45) is 4.99 Å². The number of nitrogens with two attached hydrogens (primary N) is 1. The first-order valence-corrected chi connectivity index (χ1v) is 14.4. The Morgan fingerprint density at radius 3 is 2.57 bits per heavy atom. The molecule has 0 bridgehead atoms. The molecule has 4 aromatic rings. The molecule has 0 saturated heterocycles. The molecular formula is C32H26N8O6. The number of carbonyl (C=O) groups excluding carboxylic acids is 3. The molecule has 3 aliphatic rings. The third-order valence-corrected chi connectivity index (χ3v) is 8.29. The number of aromatic nitrogens is 2. The minimum Gasteiger partial charge on any atom is -0.394 e. The quantitative estimate of drug-likeness (QED) is 0.215. The molecule has 14 nitrogen and oxygen atoms in total. The summed E-state index contributed by atoms with van der Waals surface area (Å²) in [5.74, 6) is -0.298. The van der Waals surface area contributed by atoms with E-state index in [1.165, 1.54) is 11.0 Å². The molecule has 0 spiro atoms. The van der Waals surface area contributed by atoms with Crippen LogP contribution in [0.2, 0.25) is 0 Å². The van der Waals surface area contributed by atoms with Gasteiger partial charge in [0.05, 0.1) is 12.6 Å². The first kappa shape index (κ1) is 28.6. The van der Waals surface area contributed by atoms with Gasteiger partial charge < -0.3 is 26.1 Å². The van der Waals surface area contributed by atoms with Gasteiger partial charge in [0, 0.05) is 30.3 Å². The first-order valence-electron chi connectivity index (χ1n) is 14.4. The molecule has 5 N–H and O–H groups in total. The number of benzene rings is 2. The molecule has 3 heterocycles. The largest absolute Gasteiger partial charge is 0.394 e. The van der Waals surface area contributed by atoms with Crippen LogP contribution in [0.5, 0.6) is 0 Å². The van der Waals surface area contributed by atoms with Gasteiger partial charge in [-0.05, 0) is 47.7 Å². The molecule has 230 valence electrons. The number of Topliss-reactive ketones (excluding diaryl/α,β-unsaturated/α-hetero) is 1. The van der Waals surface area contributed by atoms with Crippen molar-refractivity contribution in [3.8, 4) is 0 Å². The van der Waals surface area contributed by atoms with Gasteiger partial charge in [-0.15, -0.1) is 0 Å². The highest BCUT2D eigenvalue weighted by molar-refractivity contribution is 6.03. The van der Waals surface area contributed by atoms with E-state index in [4.69, 9.17) is 10.6 Å². The Morgan fingerprint density at radius 1 is 1.00 bits per heavy atom. The molecule has 2 aliphatic heterocycles. The number of amidine groups is 1. The Kier molecular flexibility index (Phi) is 6.88. The minimum absolute atomic E-state index is 0.0140. The van der Waals surface area contributed by atoms with Gasteiger partial charge in [0.2, 0.25) is 5.88 Å². The highest BCUT2D eigenvalue weighted by Gasteiger charge is 2.31. The maximum Gasteiger partial charge on any atom is 0.270 e. The number of fused-ring (bicyclic) bond motifs is 2. The second-order valence-electron chi connectivity index (χ2n) is 11.2. The van der Waals surface area contributed by atoms with Crippen molar-refractivity contribution in [1.82, 2.24) is 26.1 Å². The number of nitrogen functional groups attached to an aromatic ring is 1. The summed E-state index contributed by atoms with van der Waals surface area (Å²) in [6.07, 6.45) is 2.63. The van der Waals surface area contributed by atoms with Gasteiger partial charge in [0.15, 0.2) is 11.6 Å². The van der Waals surface area contributed by atoms with Crippen molar-refractivity contribution in [2.75, 3.05) is 17.2 Å². The number of ketones is 1. The normalized spacial score (nSPS) is 16.7. The molecule has 0 unspecified atom stereocenters. The van der Waals surface area contributed by atoms with E-state index in [9.17, 15) is 24.0 Å². The fraction of sp³-hybridized carbons (Fsp3) is 0.188. The smallest absolute Gasteiger partial charge is 0.270 e. The summed E-state index contributed by atoms with van der Waals surface area (Å²) in [4.78, 5) is 81.3. The highest BCUT2D eigenvalue weighted by Crippen LogP contribution is 2.32. The minimum atomic E-state index is -0.746. The Balaban J connectivity index is 0.991. The van der Waals surface area contributed by atoms with Crippen LogP contribution in [0, 0.1) is 0 Å². The van der Waals surface area contributed by atoms with E-state index in [1.54, 1.807) is 18.2 Å². The summed E-state index contributed by atoms with van der Waals surface area (Å²) < 4.78 is 0. The number of hydrogen-bond donors (Lipinski definition) is 4. The monoisotopic (exact) mass is 618 g/mol. The van der Waals surface area contributed by atoms with Crippen LogP contribution >= 0.6 is 0 Å². The predicted octanol–water partition coefficient (Wildman–Crippen LogP) is 0.958. The number of amides is 2. The molecule has 1 atom stereocenters. The second-order valence-corrected chi connectivity index (χ2v) is 11.2. The third-order valence-electron chi connectivity index (χ3n) is 8.29. The van der Waals surface area contributed by atoms with E-state index < -0.39 is 22.7 Å². The highest BCUT2D eigenvalue weighted by atomic mass is 16.7. The van der Waals surface area contributed by atoms with Crippen LogP contribution in [0.1, 0.15) is 71.6 Å². The summed E-state index contributed by atoms with van der Waals surface area (Å²) in [6.45, 7) is 3.93. The van der Waals surface area contributed by atoms with E-state index in [0.717, 1.165) is 29.4 Å². The number of anilines is 2. The number of nitrogens with one attached hydrogen (secondary N) is 3. The maximum absolute atomic E-state index is 13.1. The molecule has 46 heavy (non-hydrogen) atoms. The zero-order valence-corrected chi connectivity index (χ0v) is 24.3. The van der Waals surface area contributed by atoms with E-state index >= 15 is 0 Å². The first-order chi connectivity index (χ1) is 22.2. The van der Waals surface area contributed by atoms with Crippen LogP contribution in [-0.4, -0.2) is 39.9 Å². The zero-order chi connectivity index (χ0) is 32.1. The van der Waals surface area contributed by atoms with Crippen LogP contribution in [0.4, 0.5) is 11.4 Å². The average Bonchev–Trinajstić information content (AvgIpc) is 3.68. The van der Waals surface area contributed by atoms with Crippen molar-refractivity contribution < 1.29 is 19.2 Å². The fourth-order valence-electron chi connectivity index (χ4n) is 5.98. The molecule has 1 aromatic heterocycles. The van der Waals surface area contributed by atoms with Gasteiger partial charge in [-0.25, -0.2) is 15.4 Å². The lowest BCUT2D eigenvalue weighted by Crippen LogP contribution is -2.46. The topological polar surface area (TPSA) is 198 Å². The van der Waals surface area contributed by atoms with Gasteiger partial charge in [-0.1, -0.05) is 30.3 Å². The van der Waals surface area contributed by atoms with Gasteiger partial charge in [-0.2, -0.15) is 4.99 Å². The van der Waals surface area contributed by atoms with Crippen molar-refractivity contribution in [3.05, 3.63) is 126 Å². The molecular weight excluding hydrogens is 592 g/mol. The Morgan fingerprint density at radius 2 is 1.80 bits per heavy atom. The number of nitrogens with zero attached hydrogens (tertiary/aromatic N) is 4. The third kappa shape index (κ3) is 5.04. The number of rotatable bonds is 7. The van der Waals surface area contributed by atoms with Crippen LogP contribution in [0.15, 0.2) is 75.8 Å². The lowest BCUT2D eigenvalue weighted by atomic mass is 9.95. The van der Waals surface area contributed by atoms with Crippen LogP contribution < -0.4 is 37.6 Å². The van der Waals surface area contributed by atoms with Gasteiger partial charge in [0.1, 0.15) is 29.1 Å². The van der Waals surface area contributed by atoms with E-state index in [1.807, 2.05) is 18.2 Å². The van der Waals surface area contributed by atoms with E-state index in [2.05, 4.69) is 37.7 Å². The molecule has 3 aromatic carbocycles. The standard InChI is InChI=1S/C32H26N8O6/c1-15-37-30(39-46-15)18-3-6-20-17(9-18)4-7-22(20)38-32(45)24-10-23(35-14-36-24)31(44)34-11-16-2-5-21-19(8-16)12-40(13-25(21)41)27-26(33)28(42)29(27)43/h2-3,5-6,8-10,14,22H,1,4,7,11-13,33H2,(H,34,44)(H,37,39)(H,38,45)/t22-/m0/s1. The van der Waals surface area contributed by atoms with Crippen LogP contribution in [-0.2, 0) is 24.3 Å². The predicted molar refractivity (Wildman–Crippen MR) is 166 cm³/mol. The number of aryl methyl sites for hydroxylation is 1. The molecule has 1 aliphatic carbocycles.